The summed E-state index contributed by atoms with van der Waals surface area (Å²) in [5.41, 5.74) is 4.33. The van der Waals surface area contributed by atoms with Crippen molar-refractivity contribution in [1.29, 1.82) is 0 Å². The van der Waals surface area contributed by atoms with Crippen LogP contribution in [0.25, 0.3) is 44.3 Å². The van der Waals surface area contributed by atoms with E-state index in [2.05, 4.69) is 68.9 Å². The molecule has 2 aromatic heterocycles. The van der Waals surface area contributed by atoms with Gasteiger partial charge in [-0.1, -0.05) is 133 Å². The van der Waals surface area contributed by atoms with Gasteiger partial charge in [-0.05, 0) is 32.7 Å². The van der Waals surface area contributed by atoms with Gasteiger partial charge in [0.2, 0.25) is 10.3 Å². The molecule has 0 saturated carbocycles. The van der Waals surface area contributed by atoms with Crippen molar-refractivity contribution in [2.75, 3.05) is 11.7 Å². The minimum absolute atomic E-state index is 0.642. The molecule has 0 amide bonds. The molecule has 7 aromatic rings. The highest BCUT2D eigenvalue weighted by atomic mass is 32.2. The van der Waals surface area contributed by atoms with E-state index < -0.39 is 0 Å². The molecule has 4 N–H and O–H groups in total. The molecule has 7 rings (SSSR count). The van der Waals surface area contributed by atoms with Crippen LogP contribution in [0.5, 0.6) is 0 Å². The number of rotatable bonds is 8. The van der Waals surface area contributed by atoms with Gasteiger partial charge >= 0.3 is 0 Å². The first-order chi connectivity index (χ1) is 20.7. The van der Waals surface area contributed by atoms with Crippen molar-refractivity contribution < 1.29 is 0 Å². The summed E-state index contributed by atoms with van der Waals surface area (Å²) >= 11 is 3.17. The van der Waals surface area contributed by atoms with Crippen molar-refractivity contribution in [2.45, 2.75) is 21.8 Å². The lowest BCUT2D eigenvalue weighted by atomic mass is 9.93. The monoisotopic (exact) mass is 586 g/mol. The van der Waals surface area contributed by atoms with E-state index in [1.807, 2.05) is 60.7 Å². The molecule has 0 atom stereocenters. The maximum atomic E-state index is 6.44. The Balaban J connectivity index is 1.22. The molecule has 0 aliphatic heterocycles. The van der Waals surface area contributed by atoms with Crippen molar-refractivity contribution in [1.82, 2.24) is 29.7 Å². The molecule has 5 aromatic carbocycles. The Hall–Kier alpha value is -4.80. The van der Waals surface area contributed by atoms with Gasteiger partial charge in [-0.3, -0.25) is 0 Å². The highest BCUT2D eigenvalue weighted by Crippen LogP contribution is 2.39. The van der Waals surface area contributed by atoms with Crippen LogP contribution in [0, 0.1) is 0 Å². The molecule has 8 nitrogen and oxygen atoms in total. The zero-order valence-corrected chi connectivity index (χ0v) is 24.1. The number of hydrogen-bond donors (Lipinski definition) is 2. The largest absolute Gasteiger partial charge is 0.335 e. The summed E-state index contributed by atoms with van der Waals surface area (Å²) in [6.45, 7) is 0. The molecule has 0 aliphatic carbocycles. The Morgan fingerprint density at radius 1 is 0.452 bits per heavy atom. The van der Waals surface area contributed by atoms with Crippen molar-refractivity contribution in [2.24, 2.45) is 0 Å². The third-order valence-corrected chi connectivity index (χ3v) is 9.18. The first-order valence-electron chi connectivity index (χ1n) is 13.4. The molecule has 0 radical (unpaired) electrons. The van der Waals surface area contributed by atoms with E-state index in [4.69, 9.17) is 11.7 Å². The number of hydrogen-bond acceptors (Lipinski definition) is 8. The first-order valence-corrected chi connectivity index (χ1v) is 15.3. The Kier molecular flexibility index (Phi) is 6.98. The number of fused-ring (bicyclic) bond motifs is 2. The lowest BCUT2D eigenvalue weighted by Gasteiger charge is -2.16. The normalized spacial score (nSPS) is 11.4. The molecular weight excluding hydrogens is 561 g/mol. The number of benzene rings is 5. The quantitative estimate of drug-likeness (QED) is 0.118. The van der Waals surface area contributed by atoms with Crippen molar-refractivity contribution in [3.63, 3.8) is 0 Å². The predicted octanol–water partition coefficient (Wildman–Crippen LogP) is 6.52. The third kappa shape index (κ3) is 4.74. The fourth-order valence-corrected chi connectivity index (χ4v) is 7.03. The average molecular weight is 587 g/mol. The van der Waals surface area contributed by atoms with Crippen LogP contribution in [0.2, 0.25) is 0 Å². The van der Waals surface area contributed by atoms with Crippen LogP contribution in [-0.2, 0) is 11.5 Å². The second-order valence-corrected chi connectivity index (χ2v) is 11.6. The maximum absolute atomic E-state index is 6.44. The highest BCUT2D eigenvalue weighted by molar-refractivity contribution is 7.98. The van der Waals surface area contributed by atoms with Gasteiger partial charge in [-0.15, -0.1) is 20.4 Å². The molecule has 10 heteroatoms. The smallest absolute Gasteiger partial charge is 0.210 e. The Morgan fingerprint density at radius 2 is 0.786 bits per heavy atom. The molecule has 0 aliphatic rings. The summed E-state index contributed by atoms with van der Waals surface area (Å²) in [4.78, 5) is 0. The van der Waals surface area contributed by atoms with Gasteiger partial charge in [0.25, 0.3) is 0 Å². The second-order valence-electron chi connectivity index (χ2n) is 9.71. The molecule has 206 valence electrons. The average Bonchev–Trinajstić information content (AvgIpc) is 3.60. The van der Waals surface area contributed by atoms with Gasteiger partial charge in [-0.25, -0.2) is 9.35 Å². The van der Waals surface area contributed by atoms with E-state index in [-0.39, 0.29) is 0 Å². The Morgan fingerprint density at radius 3 is 1.14 bits per heavy atom. The topological polar surface area (TPSA) is 113 Å². The van der Waals surface area contributed by atoms with Crippen LogP contribution in [0.1, 0.15) is 11.1 Å². The molecule has 0 fully saturated rings. The van der Waals surface area contributed by atoms with Crippen molar-refractivity contribution >= 4 is 45.1 Å². The number of nitrogens with two attached hydrogens (primary N) is 2. The lowest BCUT2D eigenvalue weighted by molar-refractivity contribution is 0.849. The van der Waals surface area contributed by atoms with Gasteiger partial charge in [0.05, 0.1) is 0 Å². The van der Waals surface area contributed by atoms with E-state index in [0.29, 0.717) is 33.5 Å². The molecule has 2 heterocycles. The fourth-order valence-electron chi connectivity index (χ4n) is 5.21. The molecule has 42 heavy (non-hydrogen) atoms. The number of thioether (sulfide) groups is 2. The number of aromatic nitrogens is 6. The van der Waals surface area contributed by atoms with Crippen molar-refractivity contribution in [3.8, 4) is 22.8 Å². The molecule has 0 spiro atoms. The Bertz CT molecular complexity index is 1820. The van der Waals surface area contributed by atoms with E-state index in [1.54, 1.807) is 32.9 Å². The summed E-state index contributed by atoms with van der Waals surface area (Å²) in [7, 11) is 0. The van der Waals surface area contributed by atoms with E-state index in [1.165, 1.54) is 32.7 Å². The van der Waals surface area contributed by atoms with Crippen LogP contribution < -0.4 is 11.7 Å². The van der Waals surface area contributed by atoms with Crippen LogP contribution in [0.15, 0.2) is 120 Å². The summed E-state index contributed by atoms with van der Waals surface area (Å²) < 4.78 is 3.14. The molecule has 0 bridgehead atoms. The minimum atomic E-state index is 0.642. The van der Waals surface area contributed by atoms with Gasteiger partial charge in [0.1, 0.15) is 0 Å². The lowest BCUT2D eigenvalue weighted by Crippen LogP contribution is -2.11. The zero-order chi connectivity index (χ0) is 28.5. The molecule has 0 unspecified atom stereocenters. The van der Waals surface area contributed by atoms with Crippen LogP contribution in [0.4, 0.5) is 0 Å². The van der Waals surface area contributed by atoms with E-state index >= 15 is 0 Å². The van der Waals surface area contributed by atoms with E-state index in [0.717, 1.165) is 11.1 Å². The van der Waals surface area contributed by atoms with Gasteiger partial charge in [0, 0.05) is 22.6 Å². The fraction of sp³-hybridized carbons (Fsp3) is 0.0625. The summed E-state index contributed by atoms with van der Waals surface area (Å²) in [6, 6.07) is 36.8. The maximum Gasteiger partial charge on any atom is 0.210 e. The summed E-state index contributed by atoms with van der Waals surface area (Å²) in [5.74, 6) is 15.5. The summed E-state index contributed by atoms with van der Waals surface area (Å²) in [6.07, 6.45) is 0. The first kappa shape index (κ1) is 26.1. The predicted molar refractivity (Wildman–Crippen MR) is 172 cm³/mol. The second kappa shape index (κ2) is 11.2. The van der Waals surface area contributed by atoms with Crippen LogP contribution in [-0.4, -0.2) is 29.7 Å². The summed E-state index contributed by atoms with van der Waals surface area (Å²) in [5, 5.41) is 23.6. The van der Waals surface area contributed by atoms with Crippen molar-refractivity contribution in [3.05, 3.63) is 120 Å². The van der Waals surface area contributed by atoms with Gasteiger partial charge < -0.3 is 11.7 Å². The molecule has 0 saturated heterocycles. The van der Waals surface area contributed by atoms with Gasteiger partial charge in [-0.2, -0.15) is 0 Å². The van der Waals surface area contributed by atoms with Gasteiger partial charge in [0.15, 0.2) is 11.6 Å². The zero-order valence-electron chi connectivity index (χ0n) is 22.5. The Labute approximate surface area is 250 Å². The van der Waals surface area contributed by atoms with Crippen LogP contribution in [0.3, 0.4) is 0 Å². The van der Waals surface area contributed by atoms with E-state index in [9.17, 15) is 0 Å². The minimum Gasteiger partial charge on any atom is -0.335 e. The highest BCUT2D eigenvalue weighted by Gasteiger charge is 2.18. The number of nitrogens with zero attached hydrogens (tertiary/aromatic N) is 6. The van der Waals surface area contributed by atoms with Crippen LogP contribution >= 0.6 is 23.5 Å². The standard InChI is InChI=1S/C32H26N8S2/c33-39-29(21-11-3-1-4-12-21)35-37-31(39)41-19-27-23-15-7-9-17-25(23)28(26-18-10-8-16-24(26)27)20-42-32-38-36-30(40(32)34)22-13-5-2-6-14-22/h1-18H,19-20,33-34H2. The number of nitrogen functional groups attached to an aromatic ring is 2. The SMILES string of the molecule is Nn1c(SCc2c3ccccc3c(CSc3nnc(-c4ccccc4)n3N)c3ccccc23)nnc1-c1ccccc1. The molecular formula is C32H26N8S2. The third-order valence-electron chi connectivity index (χ3n) is 7.24.